The van der Waals surface area contributed by atoms with Crippen molar-refractivity contribution < 1.29 is 0 Å². The zero-order chi connectivity index (χ0) is 13.0. The number of hydrogen-bond donors (Lipinski definition) is 2. The Balaban J connectivity index is 1.94. The fraction of sp³-hybridized carbons (Fsp3) is 0.571. The van der Waals surface area contributed by atoms with Gasteiger partial charge in [0.15, 0.2) is 5.11 Å². The van der Waals surface area contributed by atoms with Gasteiger partial charge in [-0.15, -0.1) is 0 Å². The molecule has 0 unspecified atom stereocenters. The highest BCUT2D eigenvalue weighted by atomic mass is 32.1. The topological polar surface area (TPSA) is 37.0 Å². The van der Waals surface area contributed by atoms with E-state index in [0.717, 1.165) is 11.4 Å². The molecule has 0 amide bonds. The van der Waals surface area contributed by atoms with Crippen LogP contribution in [0.3, 0.4) is 0 Å². The molecule has 0 bridgehead atoms. The molecule has 98 valence electrons. The van der Waals surface area contributed by atoms with E-state index < -0.39 is 0 Å². The summed E-state index contributed by atoms with van der Waals surface area (Å²) in [6.07, 6.45) is 8.08. The first-order valence-corrected chi connectivity index (χ1v) is 7.01. The van der Waals surface area contributed by atoms with Crippen LogP contribution in [-0.2, 0) is 0 Å². The molecule has 1 aliphatic carbocycles. The van der Waals surface area contributed by atoms with E-state index in [2.05, 4.69) is 22.5 Å². The first-order valence-electron chi connectivity index (χ1n) is 6.60. The summed E-state index contributed by atoms with van der Waals surface area (Å²) in [4.78, 5) is 4.30. The highest BCUT2D eigenvalue weighted by molar-refractivity contribution is 7.80. The fourth-order valence-corrected chi connectivity index (χ4v) is 2.83. The normalized spacial score (nSPS) is 18.1. The molecule has 1 aromatic rings. The van der Waals surface area contributed by atoms with E-state index in [-0.39, 0.29) is 5.54 Å². The molecule has 1 fully saturated rings. The molecule has 1 aliphatic rings. The lowest BCUT2D eigenvalue weighted by molar-refractivity contribution is 0.292. The summed E-state index contributed by atoms with van der Waals surface area (Å²) in [7, 11) is 0. The van der Waals surface area contributed by atoms with Crippen molar-refractivity contribution >= 4 is 23.1 Å². The maximum Gasteiger partial charge on any atom is 0.172 e. The number of aromatic nitrogens is 1. The molecular formula is C14H21N3S. The quantitative estimate of drug-likeness (QED) is 0.802. The van der Waals surface area contributed by atoms with Gasteiger partial charge in [-0.3, -0.25) is 0 Å². The third kappa shape index (κ3) is 3.42. The van der Waals surface area contributed by atoms with Crippen molar-refractivity contribution in [2.75, 3.05) is 5.32 Å². The summed E-state index contributed by atoms with van der Waals surface area (Å²) in [5.41, 5.74) is 1.25. The third-order valence-electron chi connectivity index (χ3n) is 3.61. The Bertz CT molecular complexity index is 425. The fourth-order valence-electron chi connectivity index (χ4n) is 2.49. The molecule has 2 rings (SSSR count). The predicted molar refractivity (Wildman–Crippen MR) is 79.8 cm³/mol. The lowest BCUT2D eigenvalue weighted by Gasteiger charge is -2.35. The molecule has 0 aromatic carbocycles. The molecule has 1 saturated carbocycles. The molecule has 0 aliphatic heterocycles. The second-order valence-corrected chi connectivity index (χ2v) is 5.78. The first kappa shape index (κ1) is 13.3. The van der Waals surface area contributed by atoms with Crippen LogP contribution in [0.4, 0.5) is 5.82 Å². The molecule has 1 heterocycles. The summed E-state index contributed by atoms with van der Waals surface area (Å²) in [5.74, 6) is 0.842. The van der Waals surface area contributed by atoms with Crippen molar-refractivity contribution in [3.8, 4) is 0 Å². The van der Waals surface area contributed by atoms with Crippen LogP contribution >= 0.6 is 12.2 Å². The number of rotatable bonds is 2. The molecule has 4 heteroatoms. The minimum Gasteiger partial charge on any atom is -0.357 e. The maximum atomic E-state index is 5.39. The second kappa shape index (κ2) is 5.65. The second-order valence-electron chi connectivity index (χ2n) is 5.37. The number of anilines is 1. The highest BCUT2D eigenvalue weighted by Gasteiger charge is 2.27. The summed E-state index contributed by atoms with van der Waals surface area (Å²) in [5, 5.41) is 7.32. The number of hydrogen-bond acceptors (Lipinski definition) is 2. The molecule has 1 aromatic heterocycles. The monoisotopic (exact) mass is 263 g/mol. The van der Waals surface area contributed by atoms with Gasteiger partial charge in [0.1, 0.15) is 5.82 Å². The van der Waals surface area contributed by atoms with Crippen LogP contribution < -0.4 is 10.6 Å². The zero-order valence-corrected chi connectivity index (χ0v) is 11.9. The molecule has 3 nitrogen and oxygen atoms in total. The SMILES string of the molecule is Cc1cccnc1NC(=S)NC1(C)CCCCC1. The minimum absolute atomic E-state index is 0.144. The molecule has 0 saturated heterocycles. The van der Waals surface area contributed by atoms with Crippen LogP contribution in [0, 0.1) is 6.92 Å². The molecule has 0 atom stereocenters. The Kier molecular flexibility index (Phi) is 4.17. The van der Waals surface area contributed by atoms with E-state index in [1.165, 1.54) is 32.1 Å². The number of pyridine rings is 1. The highest BCUT2D eigenvalue weighted by Crippen LogP contribution is 2.27. The average molecular weight is 263 g/mol. The van der Waals surface area contributed by atoms with Crippen LogP contribution in [0.5, 0.6) is 0 Å². The van der Waals surface area contributed by atoms with Gasteiger partial charge in [0.2, 0.25) is 0 Å². The minimum atomic E-state index is 0.144. The van der Waals surface area contributed by atoms with Gasteiger partial charge in [-0.1, -0.05) is 25.3 Å². The van der Waals surface area contributed by atoms with Gasteiger partial charge in [0.05, 0.1) is 0 Å². The Labute approximate surface area is 114 Å². The molecular weight excluding hydrogens is 242 g/mol. The van der Waals surface area contributed by atoms with Gasteiger partial charge >= 0.3 is 0 Å². The third-order valence-corrected chi connectivity index (χ3v) is 3.82. The van der Waals surface area contributed by atoms with Crippen molar-refractivity contribution in [2.45, 2.75) is 51.5 Å². The Morgan fingerprint density at radius 1 is 1.33 bits per heavy atom. The number of aryl methyl sites for hydroxylation is 1. The van der Waals surface area contributed by atoms with Crippen LogP contribution in [0.2, 0.25) is 0 Å². The van der Waals surface area contributed by atoms with E-state index in [1.807, 2.05) is 19.1 Å². The van der Waals surface area contributed by atoms with E-state index in [0.29, 0.717) is 5.11 Å². The standard InChI is InChI=1S/C14H21N3S/c1-11-7-6-10-15-12(11)16-13(18)17-14(2)8-4-3-5-9-14/h6-7,10H,3-5,8-9H2,1-2H3,(H2,15,16,17,18). The molecule has 0 radical (unpaired) electrons. The van der Waals surface area contributed by atoms with E-state index in [1.54, 1.807) is 6.20 Å². The van der Waals surface area contributed by atoms with Crippen molar-refractivity contribution in [3.05, 3.63) is 23.9 Å². The lowest BCUT2D eigenvalue weighted by atomic mass is 9.83. The largest absolute Gasteiger partial charge is 0.357 e. The van der Waals surface area contributed by atoms with Crippen molar-refractivity contribution in [1.29, 1.82) is 0 Å². The smallest absolute Gasteiger partial charge is 0.172 e. The van der Waals surface area contributed by atoms with Gasteiger partial charge in [0.25, 0.3) is 0 Å². The van der Waals surface area contributed by atoms with Crippen molar-refractivity contribution in [1.82, 2.24) is 10.3 Å². The van der Waals surface area contributed by atoms with E-state index in [9.17, 15) is 0 Å². The predicted octanol–water partition coefficient (Wildman–Crippen LogP) is 3.40. The van der Waals surface area contributed by atoms with Gasteiger partial charge in [-0.25, -0.2) is 4.98 Å². The summed E-state index contributed by atoms with van der Waals surface area (Å²) in [6, 6.07) is 3.96. The summed E-state index contributed by atoms with van der Waals surface area (Å²) >= 11 is 5.39. The lowest BCUT2D eigenvalue weighted by Crippen LogP contribution is -2.48. The Morgan fingerprint density at radius 2 is 2.06 bits per heavy atom. The molecule has 0 spiro atoms. The van der Waals surface area contributed by atoms with Crippen molar-refractivity contribution in [2.24, 2.45) is 0 Å². The van der Waals surface area contributed by atoms with Crippen LogP contribution in [0.15, 0.2) is 18.3 Å². The van der Waals surface area contributed by atoms with Gasteiger partial charge in [-0.05, 0) is 50.5 Å². The average Bonchev–Trinajstić information content (AvgIpc) is 2.32. The Hall–Kier alpha value is -1.16. The number of nitrogens with zero attached hydrogens (tertiary/aromatic N) is 1. The number of nitrogens with one attached hydrogen (secondary N) is 2. The van der Waals surface area contributed by atoms with Crippen LogP contribution in [0.25, 0.3) is 0 Å². The Morgan fingerprint density at radius 3 is 2.72 bits per heavy atom. The summed E-state index contributed by atoms with van der Waals surface area (Å²) in [6.45, 7) is 4.28. The molecule has 2 N–H and O–H groups in total. The van der Waals surface area contributed by atoms with Gasteiger partial charge < -0.3 is 10.6 Å². The van der Waals surface area contributed by atoms with E-state index >= 15 is 0 Å². The van der Waals surface area contributed by atoms with Crippen molar-refractivity contribution in [3.63, 3.8) is 0 Å². The van der Waals surface area contributed by atoms with Gasteiger partial charge in [-0.2, -0.15) is 0 Å². The van der Waals surface area contributed by atoms with Crippen LogP contribution in [-0.4, -0.2) is 15.6 Å². The summed E-state index contributed by atoms with van der Waals surface area (Å²) < 4.78 is 0. The molecule has 18 heavy (non-hydrogen) atoms. The first-order chi connectivity index (χ1) is 8.59. The zero-order valence-electron chi connectivity index (χ0n) is 11.1. The van der Waals surface area contributed by atoms with Crippen LogP contribution in [0.1, 0.15) is 44.6 Å². The number of thiocarbonyl (C=S) groups is 1. The van der Waals surface area contributed by atoms with Gasteiger partial charge in [0, 0.05) is 11.7 Å². The van der Waals surface area contributed by atoms with E-state index in [4.69, 9.17) is 12.2 Å². The maximum absolute atomic E-state index is 5.39.